The molecule has 4 heteroatoms. The van der Waals surface area contributed by atoms with Gasteiger partial charge in [0, 0.05) is 18.7 Å². The van der Waals surface area contributed by atoms with Gasteiger partial charge in [-0.25, -0.2) is 4.98 Å². The maximum Gasteiger partial charge on any atom is 0.306 e. The van der Waals surface area contributed by atoms with Crippen LogP contribution >= 0.6 is 0 Å². The molecule has 1 atom stereocenters. The summed E-state index contributed by atoms with van der Waals surface area (Å²) in [5, 5.41) is 8.83. The molecular weight excluding hydrogens is 204 g/mol. The van der Waals surface area contributed by atoms with E-state index < -0.39 is 5.97 Å². The van der Waals surface area contributed by atoms with Crippen LogP contribution in [0, 0.1) is 5.92 Å². The van der Waals surface area contributed by atoms with Crippen molar-refractivity contribution in [3.63, 3.8) is 0 Å². The lowest BCUT2D eigenvalue weighted by Crippen LogP contribution is -2.12. The first-order chi connectivity index (χ1) is 7.66. The molecule has 1 aliphatic rings. The third kappa shape index (κ3) is 2.43. The average molecular weight is 222 g/mol. The molecule has 1 aromatic heterocycles. The lowest BCUT2D eigenvalue weighted by atomic mass is 10.1. The van der Waals surface area contributed by atoms with Gasteiger partial charge >= 0.3 is 5.97 Å². The Kier molecular flexibility index (Phi) is 3.27. The van der Waals surface area contributed by atoms with Crippen molar-refractivity contribution < 1.29 is 9.90 Å². The van der Waals surface area contributed by atoms with Crippen LogP contribution in [-0.4, -0.2) is 20.6 Å². The molecule has 1 heterocycles. The van der Waals surface area contributed by atoms with E-state index >= 15 is 0 Å². The maximum atomic E-state index is 10.7. The van der Waals surface area contributed by atoms with Crippen molar-refractivity contribution in [2.75, 3.05) is 0 Å². The molecule has 2 rings (SSSR count). The van der Waals surface area contributed by atoms with Gasteiger partial charge in [0.25, 0.3) is 0 Å². The lowest BCUT2D eigenvalue weighted by Gasteiger charge is -2.09. The summed E-state index contributed by atoms with van der Waals surface area (Å²) < 4.78 is 2.15. The fraction of sp³-hybridized carbons (Fsp3) is 0.667. The molecule has 0 bridgehead atoms. The maximum absolute atomic E-state index is 10.7. The van der Waals surface area contributed by atoms with E-state index in [4.69, 9.17) is 5.11 Å². The van der Waals surface area contributed by atoms with Crippen molar-refractivity contribution >= 4 is 5.97 Å². The molecule has 1 fully saturated rings. The van der Waals surface area contributed by atoms with Crippen LogP contribution in [0.2, 0.25) is 0 Å². The Labute approximate surface area is 95.3 Å². The van der Waals surface area contributed by atoms with Gasteiger partial charge in [-0.05, 0) is 12.8 Å². The number of nitrogens with zero attached hydrogens (tertiary/aromatic N) is 2. The van der Waals surface area contributed by atoms with E-state index in [1.54, 1.807) is 6.92 Å². The standard InChI is InChI=1S/C12H18N2O2/c1-9(12(15)16)6-10-7-14(8-13-10)11-4-2-3-5-11/h7-9,11H,2-6H2,1H3,(H,15,16). The third-order valence-corrected chi connectivity index (χ3v) is 3.34. The molecule has 1 unspecified atom stereocenters. The molecule has 16 heavy (non-hydrogen) atoms. The van der Waals surface area contributed by atoms with Crippen molar-refractivity contribution in [2.45, 2.75) is 45.1 Å². The van der Waals surface area contributed by atoms with Crippen molar-refractivity contribution in [1.29, 1.82) is 0 Å². The van der Waals surface area contributed by atoms with Crippen molar-refractivity contribution in [3.05, 3.63) is 18.2 Å². The molecule has 0 aliphatic heterocycles. The van der Waals surface area contributed by atoms with Crippen LogP contribution in [0.25, 0.3) is 0 Å². The Morgan fingerprint density at radius 1 is 1.62 bits per heavy atom. The second-order valence-electron chi connectivity index (χ2n) is 4.69. The van der Waals surface area contributed by atoms with Crippen molar-refractivity contribution in [1.82, 2.24) is 9.55 Å². The van der Waals surface area contributed by atoms with Gasteiger partial charge in [0.1, 0.15) is 0 Å². The molecule has 1 aliphatic carbocycles. The van der Waals surface area contributed by atoms with E-state index in [9.17, 15) is 4.79 Å². The summed E-state index contributed by atoms with van der Waals surface area (Å²) in [6.07, 6.45) is 9.42. The summed E-state index contributed by atoms with van der Waals surface area (Å²) in [4.78, 5) is 15.0. The number of carbonyl (C=O) groups is 1. The van der Waals surface area contributed by atoms with Gasteiger partial charge in [-0.15, -0.1) is 0 Å². The molecular formula is C12H18N2O2. The molecule has 1 aromatic rings. The first-order valence-electron chi connectivity index (χ1n) is 5.92. The summed E-state index contributed by atoms with van der Waals surface area (Å²) in [5.74, 6) is -1.11. The van der Waals surface area contributed by atoms with E-state index in [0.717, 1.165) is 5.69 Å². The molecule has 88 valence electrons. The highest BCUT2D eigenvalue weighted by Gasteiger charge is 2.18. The summed E-state index contributed by atoms with van der Waals surface area (Å²) in [6, 6.07) is 0.585. The zero-order valence-electron chi connectivity index (χ0n) is 9.59. The van der Waals surface area contributed by atoms with E-state index in [1.807, 2.05) is 12.5 Å². The van der Waals surface area contributed by atoms with Gasteiger partial charge in [-0.2, -0.15) is 0 Å². The monoisotopic (exact) mass is 222 g/mol. The lowest BCUT2D eigenvalue weighted by molar-refractivity contribution is -0.141. The number of rotatable bonds is 4. The Bertz CT molecular complexity index is 367. The van der Waals surface area contributed by atoms with E-state index in [2.05, 4.69) is 9.55 Å². The number of aromatic nitrogens is 2. The topological polar surface area (TPSA) is 55.1 Å². The number of hydrogen-bond donors (Lipinski definition) is 1. The van der Waals surface area contributed by atoms with Gasteiger partial charge in [0.05, 0.1) is 17.9 Å². The second kappa shape index (κ2) is 4.68. The number of aliphatic carboxylic acids is 1. The average Bonchev–Trinajstić information content (AvgIpc) is 2.85. The molecule has 1 N–H and O–H groups in total. The Hall–Kier alpha value is -1.32. The third-order valence-electron chi connectivity index (χ3n) is 3.34. The van der Waals surface area contributed by atoms with Crippen LogP contribution < -0.4 is 0 Å². The minimum Gasteiger partial charge on any atom is -0.481 e. The van der Waals surface area contributed by atoms with Gasteiger partial charge in [0.2, 0.25) is 0 Å². The van der Waals surface area contributed by atoms with Crippen LogP contribution in [0.5, 0.6) is 0 Å². The summed E-state index contributed by atoms with van der Waals surface area (Å²) in [7, 11) is 0. The fourth-order valence-electron chi connectivity index (χ4n) is 2.29. The van der Waals surface area contributed by atoms with Gasteiger partial charge in [-0.3, -0.25) is 4.79 Å². The van der Waals surface area contributed by atoms with Crippen LogP contribution in [0.3, 0.4) is 0 Å². The van der Waals surface area contributed by atoms with Crippen molar-refractivity contribution in [3.8, 4) is 0 Å². The number of imidazole rings is 1. The fourth-order valence-corrected chi connectivity index (χ4v) is 2.29. The summed E-state index contributed by atoms with van der Waals surface area (Å²) in [5.41, 5.74) is 0.891. The molecule has 0 amide bonds. The van der Waals surface area contributed by atoms with E-state index in [-0.39, 0.29) is 5.92 Å². The predicted octanol–water partition coefficient (Wildman–Crippen LogP) is 2.26. The molecule has 0 aromatic carbocycles. The highest BCUT2D eigenvalue weighted by atomic mass is 16.4. The Morgan fingerprint density at radius 3 is 2.94 bits per heavy atom. The van der Waals surface area contributed by atoms with Gasteiger partial charge in [0.15, 0.2) is 0 Å². The van der Waals surface area contributed by atoms with Gasteiger partial charge in [-0.1, -0.05) is 19.8 Å². The van der Waals surface area contributed by atoms with E-state index in [1.165, 1.54) is 25.7 Å². The first-order valence-corrected chi connectivity index (χ1v) is 5.92. The zero-order valence-corrected chi connectivity index (χ0v) is 9.59. The Balaban J connectivity index is 1.99. The molecule has 1 saturated carbocycles. The Morgan fingerprint density at radius 2 is 2.31 bits per heavy atom. The minimum atomic E-state index is -0.754. The highest BCUT2D eigenvalue weighted by Crippen LogP contribution is 2.29. The molecule has 4 nitrogen and oxygen atoms in total. The van der Waals surface area contributed by atoms with Crippen LogP contribution in [0.15, 0.2) is 12.5 Å². The predicted molar refractivity (Wildman–Crippen MR) is 60.2 cm³/mol. The number of hydrogen-bond acceptors (Lipinski definition) is 2. The minimum absolute atomic E-state index is 0.355. The smallest absolute Gasteiger partial charge is 0.306 e. The largest absolute Gasteiger partial charge is 0.481 e. The quantitative estimate of drug-likeness (QED) is 0.850. The molecule has 0 radical (unpaired) electrons. The van der Waals surface area contributed by atoms with Gasteiger partial charge < -0.3 is 9.67 Å². The number of carboxylic acids is 1. The molecule has 0 saturated heterocycles. The normalized spacial score (nSPS) is 18.8. The van der Waals surface area contributed by atoms with E-state index in [0.29, 0.717) is 12.5 Å². The molecule has 0 spiro atoms. The second-order valence-corrected chi connectivity index (χ2v) is 4.69. The summed E-state index contributed by atoms with van der Waals surface area (Å²) >= 11 is 0. The summed E-state index contributed by atoms with van der Waals surface area (Å²) in [6.45, 7) is 1.72. The van der Waals surface area contributed by atoms with Crippen LogP contribution in [0.4, 0.5) is 0 Å². The van der Waals surface area contributed by atoms with Crippen molar-refractivity contribution in [2.24, 2.45) is 5.92 Å². The first kappa shape index (κ1) is 11.2. The highest BCUT2D eigenvalue weighted by molar-refractivity contribution is 5.69. The van der Waals surface area contributed by atoms with Crippen LogP contribution in [-0.2, 0) is 11.2 Å². The zero-order chi connectivity index (χ0) is 11.5. The number of carboxylic acid groups (broad SMARTS) is 1. The SMILES string of the molecule is CC(Cc1cn(C2CCCC2)cn1)C(=O)O. The van der Waals surface area contributed by atoms with Crippen LogP contribution in [0.1, 0.15) is 44.3 Å².